The molecule has 142 valence electrons. The molecule has 1 aromatic rings. The fourth-order valence-corrected chi connectivity index (χ4v) is 4.07. The average molecular weight is 477 g/mol. The van der Waals surface area contributed by atoms with Crippen molar-refractivity contribution in [1.29, 1.82) is 0 Å². The maximum atomic E-state index is 4.71. The molecule has 1 saturated carbocycles. The highest BCUT2D eigenvalue weighted by atomic mass is 127. The highest BCUT2D eigenvalue weighted by Gasteiger charge is 2.34. The Kier molecular flexibility index (Phi) is 8.41. The van der Waals surface area contributed by atoms with Gasteiger partial charge in [0.05, 0.1) is 12.2 Å². The van der Waals surface area contributed by atoms with Crippen LogP contribution in [0, 0.1) is 5.92 Å². The van der Waals surface area contributed by atoms with E-state index in [0.717, 1.165) is 36.0 Å². The topological polar surface area (TPSA) is 52.6 Å². The number of nitrogens with one attached hydrogen (secondary N) is 2. The monoisotopic (exact) mass is 477 g/mol. The van der Waals surface area contributed by atoms with Crippen LogP contribution in [0.2, 0.25) is 0 Å². The highest BCUT2D eigenvalue weighted by Crippen LogP contribution is 2.31. The summed E-state index contributed by atoms with van der Waals surface area (Å²) in [5, 5.41) is 10.1. The summed E-state index contributed by atoms with van der Waals surface area (Å²) in [6, 6.07) is 0.900. The van der Waals surface area contributed by atoms with E-state index in [1.807, 2.05) is 0 Å². The number of nitrogens with zero attached hydrogens (tertiary/aromatic N) is 3. The van der Waals surface area contributed by atoms with Crippen LogP contribution in [0.5, 0.6) is 0 Å². The first-order chi connectivity index (χ1) is 11.7. The molecular formula is C18H32IN5S. The number of thiazole rings is 1. The number of rotatable bonds is 7. The van der Waals surface area contributed by atoms with E-state index < -0.39 is 0 Å². The van der Waals surface area contributed by atoms with E-state index in [4.69, 9.17) is 4.99 Å². The number of halogens is 1. The van der Waals surface area contributed by atoms with Crippen molar-refractivity contribution in [2.45, 2.75) is 58.5 Å². The van der Waals surface area contributed by atoms with Crippen molar-refractivity contribution in [1.82, 2.24) is 20.5 Å². The molecule has 0 bridgehead atoms. The second-order valence-electron chi connectivity index (χ2n) is 7.28. The molecule has 0 spiro atoms. The summed E-state index contributed by atoms with van der Waals surface area (Å²) in [5.41, 5.74) is 1.18. The molecule has 1 aromatic heterocycles. The van der Waals surface area contributed by atoms with Gasteiger partial charge in [-0.3, -0.25) is 0 Å². The first-order valence-corrected chi connectivity index (χ1v) is 10.2. The predicted molar refractivity (Wildman–Crippen MR) is 117 cm³/mol. The summed E-state index contributed by atoms with van der Waals surface area (Å²) in [6.45, 7) is 11.6. The van der Waals surface area contributed by atoms with Crippen LogP contribution in [-0.2, 0) is 6.54 Å². The SMILES string of the molecule is CCNC(=NCc1nc(C(C)C)cs1)NCC1CCN(C2CC2)C1.I. The molecule has 1 aliphatic carbocycles. The summed E-state index contributed by atoms with van der Waals surface area (Å²) < 4.78 is 0. The van der Waals surface area contributed by atoms with Gasteiger partial charge in [0.1, 0.15) is 5.01 Å². The molecule has 3 rings (SSSR count). The third kappa shape index (κ3) is 6.36. The molecule has 1 atom stereocenters. The molecule has 1 aliphatic heterocycles. The molecule has 0 radical (unpaired) electrons. The number of likely N-dealkylation sites (tertiary alicyclic amines) is 1. The molecular weight excluding hydrogens is 445 g/mol. The van der Waals surface area contributed by atoms with Crippen LogP contribution < -0.4 is 10.6 Å². The van der Waals surface area contributed by atoms with Gasteiger partial charge in [-0.15, -0.1) is 35.3 Å². The molecule has 1 saturated heterocycles. The number of aliphatic imine (C=N–C) groups is 1. The molecule has 2 heterocycles. The zero-order valence-electron chi connectivity index (χ0n) is 15.6. The van der Waals surface area contributed by atoms with Crippen LogP contribution in [0.1, 0.15) is 56.7 Å². The fourth-order valence-electron chi connectivity index (χ4n) is 3.19. The maximum absolute atomic E-state index is 4.71. The van der Waals surface area contributed by atoms with E-state index in [-0.39, 0.29) is 24.0 Å². The minimum absolute atomic E-state index is 0. The van der Waals surface area contributed by atoms with Crippen molar-refractivity contribution in [3.63, 3.8) is 0 Å². The highest BCUT2D eigenvalue weighted by molar-refractivity contribution is 14.0. The number of hydrogen-bond donors (Lipinski definition) is 2. The molecule has 25 heavy (non-hydrogen) atoms. The third-order valence-electron chi connectivity index (χ3n) is 4.82. The molecule has 2 fully saturated rings. The van der Waals surface area contributed by atoms with Crippen molar-refractivity contribution in [2.24, 2.45) is 10.9 Å². The Balaban J connectivity index is 0.00000225. The summed E-state index contributed by atoms with van der Waals surface area (Å²) in [5.74, 6) is 2.16. The second kappa shape index (κ2) is 10.1. The first kappa shape index (κ1) is 20.9. The predicted octanol–water partition coefficient (Wildman–Crippen LogP) is 3.42. The summed E-state index contributed by atoms with van der Waals surface area (Å²) >= 11 is 1.71. The molecule has 2 aliphatic rings. The van der Waals surface area contributed by atoms with E-state index in [1.54, 1.807) is 11.3 Å². The van der Waals surface area contributed by atoms with Gasteiger partial charge >= 0.3 is 0 Å². The lowest BCUT2D eigenvalue weighted by molar-refractivity contribution is 0.314. The molecule has 1 unspecified atom stereocenters. The smallest absolute Gasteiger partial charge is 0.191 e. The average Bonchev–Trinajstić information content (AvgIpc) is 3.12. The lowest BCUT2D eigenvalue weighted by Gasteiger charge is -2.16. The molecule has 0 amide bonds. The zero-order chi connectivity index (χ0) is 16.9. The van der Waals surface area contributed by atoms with Crippen LogP contribution in [0.25, 0.3) is 0 Å². The number of hydrogen-bond acceptors (Lipinski definition) is 4. The zero-order valence-corrected chi connectivity index (χ0v) is 18.8. The summed E-state index contributed by atoms with van der Waals surface area (Å²) in [6.07, 6.45) is 4.14. The van der Waals surface area contributed by atoms with Crippen LogP contribution in [-0.4, -0.2) is 48.1 Å². The van der Waals surface area contributed by atoms with Gasteiger partial charge in [-0.25, -0.2) is 9.98 Å². The van der Waals surface area contributed by atoms with Crippen molar-refractivity contribution in [2.75, 3.05) is 26.2 Å². The minimum Gasteiger partial charge on any atom is -0.357 e. The Morgan fingerprint density at radius 1 is 1.36 bits per heavy atom. The van der Waals surface area contributed by atoms with Crippen molar-refractivity contribution < 1.29 is 0 Å². The van der Waals surface area contributed by atoms with Gasteiger partial charge in [0.2, 0.25) is 0 Å². The van der Waals surface area contributed by atoms with Gasteiger partial charge in [0.25, 0.3) is 0 Å². The van der Waals surface area contributed by atoms with Crippen LogP contribution in [0.4, 0.5) is 0 Å². The fraction of sp³-hybridized carbons (Fsp3) is 0.778. The van der Waals surface area contributed by atoms with Gasteiger partial charge < -0.3 is 15.5 Å². The standard InChI is InChI=1S/C18H31N5S.HI/c1-4-19-18(21-10-17-22-16(12-24-17)13(2)3)20-9-14-7-8-23(11-14)15-5-6-15;/h12-15H,4-11H2,1-3H3,(H2,19,20,21);1H. The van der Waals surface area contributed by atoms with Crippen LogP contribution in [0.3, 0.4) is 0 Å². The van der Waals surface area contributed by atoms with E-state index in [2.05, 4.69) is 46.7 Å². The first-order valence-electron chi connectivity index (χ1n) is 9.36. The molecule has 0 aromatic carbocycles. The van der Waals surface area contributed by atoms with Gasteiger partial charge in [-0.05, 0) is 44.6 Å². The summed E-state index contributed by atoms with van der Waals surface area (Å²) in [4.78, 5) is 12.0. The Morgan fingerprint density at radius 2 is 2.16 bits per heavy atom. The second-order valence-corrected chi connectivity index (χ2v) is 8.22. The molecule has 7 heteroatoms. The minimum atomic E-state index is 0. The van der Waals surface area contributed by atoms with Gasteiger partial charge in [-0.1, -0.05) is 13.8 Å². The summed E-state index contributed by atoms with van der Waals surface area (Å²) in [7, 11) is 0. The number of guanidine groups is 1. The van der Waals surface area contributed by atoms with E-state index in [1.165, 1.54) is 38.0 Å². The quantitative estimate of drug-likeness (QED) is 0.359. The largest absolute Gasteiger partial charge is 0.357 e. The van der Waals surface area contributed by atoms with Crippen molar-refractivity contribution in [3.05, 3.63) is 16.1 Å². The van der Waals surface area contributed by atoms with Gasteiger partial charge in [0, 0.05) is 31.1 Å². The van der Waals surface area contributed by atoms with Crippen LogP contribution >= 0.6 is 35.3 Å². The van der Waals surface area contributed by atoms with Gasteiger partial charge in [-0.2, -0.15) is 0 Å². The Morgan fingerprint density at radius 3 is 2.80 bits per heavy atom. The van der Waals surface area contributed by atoms with Gasteiger partial charge in [0.15, 0.2) is 5.96 Å². The van der Waals surface area contributed by atoms with E-state index in [0.29, 0.717) is 12.5 Å². The van der Waals surface area contributed by atoms with Crippen molar-refractivity contribution in [3.8, 4) is 0 Å². The Hall–Kier alpha value is -0.410. The van der Waals surface area contributed by atoms with E-state index in [9.17, 15) is 0 Å². The molecule has 5 nitrogen and oxygen atoms in total. The van der Waals surface area contributed by atoms with Crippen LogP contribution in [0.15, 0.2) is 10.4 Å². The van der Waals surface area contributed by atoms with E-state index >= 15 is 0 Å². The molecule has 2 N–H and O–H groups in total. The maximum Gasteiger partial charge on any atom is 0.191 e. The lowest BCUT2D eigenvalue weighted by atomic mass is 10.1. The lowest BCUT2D eigenvalue weighted by Crippen LogP contribution is -2.40. The number of aromatic nitrogens is 1. The third-order valence-corrected chi connectivity index (χ3v) is 5.67. The normalized spacial score (nSPS) is 21.4. The Bertz CT molecular complexity index is 555. The van der Waals surface area contributed by atoms with Crippen molar-refractivity contribution >= 4 is 41.3 Å². The Labute approximate surface area is 173 Å².